The predicted molar refractivity (Wildman–Crippen MR) is 119 cm³/mol. The first-order chi connectivity index (χ1) is 14.4. The van der Waals surface area contributed by atoms with Crippen molar-refractivity contribution in [2.24, 2.45) is 5.73 Å². The van der Waals surface area contributed by atoms with Crippen molar-refractivity contribution in [3.05, 3.63) is 77.4 Å². The number of rotatable bonds is 5. The minimum absolute atomic E-state index is 0.238. The van der Waals surface area contributed by atoms with Gasteiger partial charge in [-0.2, -0.15) is 0 Å². The van der Waals surface area contributed by atoms with Gasteiger partial charge in [0.25, 0.3) is 0 Å². The van der Waals surface area contributed by atoms with E-state index in [0.29, 0.717) is 23.2 Å². The summed E-state index contributed by atoms with van der Waals surface area (Å²) in [5.74, 6) is -0.226. The van der Waals surface area contributed by atoms with Crippen molar-refractivity contribution in [3.8, 4) is 5.75 Å². The first-order valence-corrected chi connectivity index (χ1v) is 9.97. The summed E-state index contributed by atoms with van der Waals surface area (Å²) >= 11 is 0. The van der Waals surface area contributed by atoms with Crippen molar-refractivity contribution < 1.29 is 14.3 Å². The summed E-state index contributed by atoms with van der Waals surface area (Å²) in [4.78, 5) is 24.1. The van der Waals surface area contributed by atoms with Gasteiger partial charge in [0, 0.05) is 24.4 Å². The summed E-state index contributed by atoms with van der Waals surface area (Å²) in [6.45, 7) is 6.19. The summed E-state index contributed by atoms with van der Waals surface area (Å²) in [5, 5.41) is 1.44. The molecule has 0 fully saturated rings. The summed E-state index contributed by atoms with van der Waals surface area (Å²) < 4.78 is 7.78. The van der Waals surface area contributed by atoms with Crippen molar-refractivity contribution in [3.63, 3.8) is 0 Å². The lowest BCUT2D eigenvalue weighted by Crippen LogP contribution is -2.11. The van der Waals surface area contributed by atoms with Crippen LogP contribution in [-0.4, -0.2) is 16.4 Å². The van der Waals surface area contributed by atoms with E-state index in [4.69, 9.17) is 10.5 Å². The molecular weight excluding hydrogens is 376 g/mol. The van der Waals surface area contributed by atoms with Crippen LogP contribution in [0.4, 0.5) is 0 Å². The number of benzene rings is 3. The van der Waals surface area contributed by atoms with Crippen LogP contribution in [0.1, 0.15) is 48.2 Å². The molecular formula is C25H24N2O3. The molecule has 30 heavy (non-hydrogen) atoms. The number of esters is 1. The molecule has 5 heteroatoms. The van der Waals surface area contributed by atoms with E-state index in [1.807, 2.05) is 36.4 Å². The lowest BCUT2D eigenvalue weighted by molar-refractivity contribution is -0.131. The zero-order valence-corrected chi connectivity index (χ0v) is 17.3. The predicted octanol–water partition coefficient (Wildman–Crippen LogP) is 4.99. The second-order valence-electron chi connectivity index (χ2n) is 7.80. The number of aromatic nitrogens is 1. The van der Waals surface area contributed by atoms with Gasteiger partial charge in [0.15, 0.2) is 0 Å². The van der Waals surface area contributed by atoms with Gasteiger partial charge >= 0.3 is 5.97 Å². The molecule has 0 radical (unpaired) electrons. The number of nitrogens with zero attached hydrogens (tertiary/aromatic N) is 1. The zero-order valence-electron chi connectivity index (χ0n) is 17.3. The second-order valence-corrected chi connectivity index (χ2v) is 7.80. The van der Waals surface area contributed by atoms with Crippen LogP contribution in [-0.2, 0) is 11.3 Å². The molecule has 1 heterocycles. The fourth-order valence-corrected chi connectivity index (χ4v) is 3.95. The van der Waals surface area contributed by atoms with Crippen molar-refractivity contribution in [1.82, 2.24) is 4.57 Å². The molecule has 0 aliphatic carbocycles. The highest BCUT2D eigenvalue weighted by atomic mass is 16.5. The van der Waals surface area contributed by atoms with Gasteiger partial charge in [-0.05, 0) is 41.3 Å². The van der Waals surface area contributed by atoms with Crippen LogP contribution in [0, 0.1) is 0 Å². The Hall–Kier alpha value is -3.60. The fraction of sp³-hybridized carbons (Fsp3) is 0.200. The molecule has 0 aliphatic rings. The molecule has 1 amide bonds. The molecule has 152 valence electrons. The SMILES string of the molecule is CC(=O)Oc1cc(C(C)C)cc2c1c1c(C(N)=O)cccc1n2Cc1ccccc1. The monoisotopic (exact) mass is 400 g/mol. The van der Waals surface area contributed by atoms with Crippen molar-refractivity contribution in [1.29, 1.82) is 0 Å². The third-order valence-corrected chi connectivity index (χ3v) is 5.35. The zero-order chi connectivity index (χ0) is 21.4. The van der Waals surface area contributed by atoms with Gasteiger partial charge in [0.1, 0.15) is 5.75 Å². The Morgan fingerprint density at radius 3 is 2.33 bits per heavy atom. The van der Waals surface area contributed by atoms with Crippen LogP contribution in [0.2, 0.25) is 0 Å². The Labute approximate surface area is 175 Å². The Morgan fingerprint density at radius 1 is 0.967 bits per heavy atom. The quantitative estimate of drug-likeness (QED) is 0.379. The maximum absolute atomic E-state index is 12.2. The van der Waals surface area contributed by atoms with E-state index in [-0.39, 0.29) is 5.92 Å². The highest BCUT2D eigenvalue weighted by Gasteiger charge is 2.22. The molecule has 0 saturated heterocycles. The highest BCUT2D eigenvalue weighted by Crippen LogP contribution is 2.40. The number of nitrogens with two attached hydrogens (primary N) is 1. The van der Waals surface area contributed by atoms with Gasteiger partial charge in [-0.3, -0.25) is 9.59 Å². The number of primary amides is 1. The third-order valence-electron chi connectivity index (χ3n) is 5.35. The lowest BCUT2D eigenvalue weighted by Gasteiger charge is -2.13. The van der Waals surface area contributed by atoms with Crippen molar-refractivity contribution >= 4 is 33.7 Å². The van der Waals surface area contributed by atoms with Gasteiger partial charge in [0.2, 0.25) is 5.91 Å². The van der Waals surface area contributed by atoms with E-state index >= 15 is 0 Å². The smallest absolute Gasteiger partial charge is 0.308 e. The maximum atomic E-state index is 12.2. The molecule has 2 N–H and O–H groups in total. The summed E-state index contributed by atoms with van der Waals surface area (Å²) in [6.07, 6.45) is 0. The van der Waals surface area contributed by atoms with Crippen LogP contribution in [0.3, 0.4) is 0 Å². The Morgan fingerprint density at radius 2 is 1.70 bits per heavy atom. The second kappa shape index (κ2) is 7.67. The largest absolute Gasteiger partial charge is 0.426 e. The number of hydrogen-bond acceptors (Lipinski definition) is 3. The average Bonchev–Trinajstić information content (AvgIpc) is 3.02. The van der Waals surface area contributed by atoms with E-state index in [1.54, 1.807) is 6.07 Å². The van der Waals surface area contributed by atoms with E-state index in [1.165, 1.54) is 6.92 Å². The number of amides is 1. The van der Waals surface area contributed by atoms with E-state index in [9.17, 15) is 9.59 Å². The standard InChI is InChI=1S/C25H24N2O3/c1-15(2)18-12-21-24(22(13-18)30-16(3)28)23-19(25(26)29)10-7-11-20(23)27(21)14-17-8-5-4-6-9-17/h4-13,15H,14H2,1-3H3,(H2,26,29). The Balaban J connectivity index is 2.15. The number of fused-ring (bicyclic) bond motifs is 3. The normalized spacial score (nSPS) is 11.3. The van der Waals surface area contributed by atoms with Crippen molar-refractivity contribution in [2.45, 2.75) is 33.2 Å². The minimum atomic E-state index is -0.513. The molecule has 1 aromatic heterocycles. The molecule has 5 nitrogen and oxygen atoms in total. The molecule has 0 bridgehead atoms. The number of carbonyl (C=O) groups is 2. The molecule has 4 aromatic rings. The van der Waals surface area contributed by atoms with E-state index in [0.717, 1.165) is 27.5 Å². The van der Waals surface area contributed by atoms with Crippen LogP contribution >= 0.6 is 0 Å². The molecule has 0 aliphatic heterocycles. The van der Waals surface area contributed by atoms with Gasteiger partial charge < -0.3 is 15.0 Å². The van der Waals surface area contributed by atoms with Crippen LogP contribution < -0.4 is 10.5 Å². The molecule has 0 saturated carbocycles. The fourth-order valence-electron chi connectivity index (χ4n) is 3.95. The number of ether oxygens (including phenoxy) is 1. The molecule has 4 rings (SSSR count). The Kier molecular flexibility index (Phi) is 5.04. The number of hydrogen-bond donors (Lipinski definition) is 1. The van der Waals surface area contributed by atoms with Gasteiger partial charge in [0.05, 0.1) is 16.4 Å². The highest BCUT2D eigenvalue weighted by molar-refractivity contribution is 6.20. The van der Waals surface area contributed by atoms with Gasteiger partial charge in [-0.1, -0.05) is 50.2 Å². The molecule has 0 unspecified atom stereocenters. The Bertz CT molecular complexity index is 1270. The van der Waals surface area contributed by atoms with E-state index in [2.05, 4.69) is 36.6 Å². The van der Waals surface area contributed by atoms with Crippen LogP contribution in [0.25, 0.3) is 21.8 Å². The number of carbonyl (C=O) groups excluding carboxylic acids is 2. The maximum Gasteiger partial charge on any atom is 0.308 e. The first kappa shape index (κ1) is 19.7. The summed E-state index contributed by atoms with van der Waals surface area (Å²) in [5.41, 5.74) is 10.1. The summed E-state index contributed by atoms with van der Waals surface area (Å²) in [7, 11) is 0. The van der Waals surface area contributed by atoms with Crippen LogP contribution in [0.15, 0.2) is 60.7 Å². The molecule has 0 spiro atoms. The third kappa shape index (κ3) is 3.43. The molecule has 3 aromatic carbocycles. The first-order valence-electron chi connectivity index (χ1n) is 9.97. The van der Waals surface area contributed by atoms with E-state index < -0.39 is 11.9 Å². The van der Waals surface area contributed by atoms with Crippen molar-refractivity contribution in [2.75, 3.05) is 0 Å². The minimum Gasteiger partial charge on any atom is -0.426 e. The molecule has 0 atom stereocenters. The van der Waals surface area contributed by atoms with Gasteiger partial charge in [-0.15, -0.1) is 0 Å². The average molecular weight is 400 g/mol. The summed E-state index contributed by atoms with van der Waals surface area (Å²) in [6, 6.07) is 19.6. The van der Waals surface area contributed by atoms with Gasteiger partial charge in [-0.25, -0.2) is 0 Å². The lowest BCUT2D eigenvalue weighted by atomic mass is 9.99. The van der Waals surface area contributed by atoms with Crippen LogP contribution in [0.5, 0.6) is 5.75 Å². The topological polar surface area (TPSA) is 74.3 Å².